The summed E-state index contributed by atoms with van der Waals surface area (Å²) >= 11 is 5.63. The van der Waals surface area contributed by atoms with Crippen LogP contribution in [-0.4, -0.2) is 17.7 Å². The molecule has 0 aliphatic heterocycles. The molecule has 0 radical (unpaired) electrons. The van der Waals surface area contributed by atoms with E-state index in [2.05, 4.69) is 47.9 Å². The van der Waals surface area contributed by atoms with Gasteiger partial charge in [-0.15, -0.1) is 0 Å². The molecule has 0 unspecified atom stereocenters. The normalized spacial score (nSPS) is 11.4. The van der Waals surface area contributed by atoms with E-state index in [0.29, 0.717) is 17.3 Å². The molecule has 5 heteroatoms. The number of ether oxygens (including phenoxy) is 1. The molecule has 0 saturated heterocycles. The first-order valence-electron chi connectivity index (χ1n) is 9.94. The van der Waals surface area contributed by atoms with Crippen LogP contribution in [-0.2, 0) is 4.74 Å². The first-order valence-corrected chi connectivity index (χ1v) is 10.4. The highest BCUT2D eigenvalue weighted by Gasteiger charge is 2.16. The summed E-state index contributed by atoms with van der Waals surface area (Å²) in [5.41, 5.74) is 5.68. The molecule has 0 aliphatic carbocycles. The van der Waals surface area contributed by atoms with E-state index in [1.807, 2.05) is 37.3 Å². The number of aryl methyl sites for hydroxylation is 2. The smallest absolute Gasteiger partial charge is 0.338 e. The van der Waals surface area contributed by atoms with E-state index >= 15 is 0 Å². The molecule has 3 aromatic carbocycles. The molecule has 0 bridgehead atoms. The minimum Gasteiger partial charge on any atom is -0.462 e. The van der Waals surface area contributed by atoms with Gasteiger partial charge in [0.25, 0.3) is 0 Å². The number of anilines is 1. The van der Waals surface area contributed by atoms with Crippen LogP contribution in [0.3, 0.4) is 0 Å². The third-order valence-corrected chi connectivity index (χ3v) is 5.00. The van der Waals surface area contributed by atoms with Crippen LogP contribution in [0.5, 0.6) is 0 Å². The quantitative estimate of drug-likeness (QED) is 0.406. The Labute approximate surface area is 183 Å². The summed E-state index contributed by atoms with van der Waals surface area (Å²) in [5, 5.41) is 7.16. The molecule has 0 aliphatic rings. The molecular formula is C25H26N2O2S. The van der Waals surface area contributed by atoms with Crippen LogP contribution < -0.4 is 10.6 Å². The van der Waals surface area contributed by atoms with Gasteiger partial charge in [-0.3, -0.25) is 0 Å². The number of esters is 1. The molecule has 3 aromatic rings. The highest BCUT2D eigenvalue weighted by Crippen LogP contribution is 2.24. The SMILES string of the molecule is CCOC(=O)c1ccc(C)c(NC(=S)N[C@H](c2ccccc2)c2cccc(C)c2)c1. The van der Waals surface area contributed by atoms with E-state index in [4.69, 9.17) is 17.0 Å². The molecular weight excluding hydrogens is 392 g/mol. The van der Waals surface area contributed by atoms with Gasteiger partial charge in [0.05, 0.1) is 18.2 Å². The van der Waals surface area contributed by atoms with Gasteiger partial charge in [-0.1, -0.05) is 66.2 Å². The van der Waals surface area contributed by atoms with Gasteiger partial charge < -0.3 is 15.4 Å². The predicted octanol–water partition coefficient (Wildman–Crippen LogP) is 5.56. The number of carbonyl (C=O) groups is 1. The molecule has 0 aromatic heterocycles. The summed E-state index contributed by atoms with van der Waals surface area (Å²) in [6, 6.07) is 23.9. The fourth-order valence-corrected chi connectivity index (χ4v) is 3.47. The number of benzene rings is 3. The second-order valence-corrected chi connectivity index (χ2v) is 7.51. The molecule has 4 nitrogen and oxygen atoms in total. The molecule has 1 atom stereocenters. The van der Waals surface area contributed by atoms with E-state index in [1.165, 1.54) is 5.56 Å². The molecule has 2 N–H and O–H groups in total. The van der Waals surface area contributed by atoms with Crippen molar-refractivity contribution in [3.05, 3.63) is 101 Å². The Hall–Kier alpha value is -3.18. The van der Waals surface area contributed by atoms with E-state index in [9.17, 15) is 4.79 Å². The average Bonchev–Trinajstić information content (AvgIpc) is 2.74. The van der Waals surface area contributed by atoms with Crippen LogP contribution in [0, 0.1) is 13.8 Å². The zero-order valence-corrected chi connectivity index (χ0v) is 18.3. The monoisotopic (exact) mass is 418 g/mol. The Morgan fingerprint density at radius 3 is 2.40 bits per heavy atom. The van der Waals surface area contributed by atoms with Gasteiger partial charge >= 0.3 is 5.97 Å². The molecule has 0 amide bonds. The van der Waals surface area contributed by atoms with Crippen LogP contribution in [0.25, 0.3) is 0 Å². The van der Waals surface area contributed by atoms with E-state index < -0.39 is 0 Å². The van der Waals surface area contributed by atoms with Crippen LogP contribution in [0.15, 0.2) is 72.8 Å². The maximum Gasteiger partial charge on any atom is 0.338 e. The fraction of sp³-hybridized carbons (Fsp3) is 0.200. The Kier molecular flexibility index (Phi) is 7.20. The third-order valence-electron chi connectivity index (χ3n) is 4.78. The van der Waals surface area contributed by atoms with Crippen molar-refractivity contribution in [3.8, 4) is 0 Å². The van der Waals surface area contributed by atoms with Crippen LogP contribution in [0.4, 0.5) is 5.69 Å². The Morgan fingerprint density at radius 2 is 1.70 bits per heavy atom. The lowest BCUT2D eigenvalue weighted by Gasteiger charge is -2.23. The van der Waals surface area contributed by atoms with Gasteiger partial charge in [0.2, 0.25) is 0 Å². The van der Waals surface area contributed by atoms with Crippen LogP contribution in [0.1, 0.15) is 45.6 Å². The fourth-order valence-electron chi connectivity index (χ4n) is 3.24. The molecule has 0 fully saturated rings. The predicted molar refractivity (Wildman–Crippen MR) is 126 cm³/mol. The third kappa shape index (κ3) is 5.45. The topological polar surface area (TPSA) is 50.4 Å². The minimum atomic E-state index is -0.346. The number of nitrogens with one attached hydrogen (secondary N) is 2. The highest BCUT2D eigenvalue weighted by molar-refractivity contribution is 7.80. The summed E-state index contributed by atoms with van der Waals surface area (Å²) < 4.78 is 5.10. The highest BCUT2D eigenvalue weighted by atomic mass is 32.1. The van der Waals surface area contributed by atoms with Crippen molar-refractivity contribution in [3.63, 3.8) is 0 Å². The lowest BCUT2D eigenvalue weighted by molar-refractivity contribution is 0.0526. The van der Waals surface area contributed by atoms with Gasteiger partial charge in [0.15, 0.2) is 5.11 Å². The van der Waals surface area contributed by atoms with Gasteiger partial charge in [0, 0.05) is 5.69 Å². The van der Waals surface area contributed by atoms with Crippen molar-refractivity contribution in [2.45, 2.75) is 26.8 Å². The minimum absolute atomic E-state index is 0.0976. The zero-order valence-electron chi connectivity index (χ0n) is 17.4. The molecule has 0 spiro atoms. The second-order valence-electron chi connectivity index (χ2n) is 7.11. The second kappa shape index (κ2) is 10.0. The van der Waals surface area contributed by atoms with Crippen LogP contribution in [0.2, 0.25) is 0 Å². The standard InChI is InChI=1S/C25H26N2O2S/c1-4-29-24(28)21-14-13-18(3)22(16-21)26-25(30)27-23(19-10-6-5-7-11-19)20-12-8-9-17(2)15-20/h5-16,23H,4H2,1-3H3,(H2,26,27,30)/t23-/m1/s1. The zero-order chi connectivity index (χ0) is 21.5. The van der Waals surface area contributed by atoms with E-state index in [0.717, 1.165) is 22.4 Å². The molecule has 30 heavy (non-hydrogen) atoms. The number of hydrogen-bond acceptors (Lipinski definition) is 3. The Morgan fingerprint density at radius 1 is 0.967 bits per heavy atom. The summed E-state index contributed by atoms with van der Waals surface area (Å²) in [5.74, 6) is -0.346. The molecule has 0 saturated carbocycles. The maximum absolute atomic E-state index is 12.1. The molecule has 0 heterocycles. The summed E-state index contributed by atoms with van der Waals surface area (Å²) in [6.45, 7) is 6.17. The number of thiocarbonyl (C=S) groups is 1. The van der Waals surface area contributed by atoms with Gasteiger partial charge in [0.1, 0.15) is 0 Å². The largest absolute Gasteiger partial charge is 0.462 e. The van der Waals surface area contributed by atoms with Crippen molar-refractivity contribution >= 4 is 29.0 Å². The van der Waals surface area contributed by atoms with Crippen molar-refractivity contribution in [1.29, 1.82) is 0 Å². The van der Waals surface area contributed by atoms with Crippen molar-refractivity contribution in [2.24, 2.45) is 0 Å². The van der Waals surface area contributed by atoms with E-state index in [1.54, 1.807) is 19.1 Å². The van der Waals surface area contributed by atoms with Gasteiger partial charge in [-0.25, -0.2) is 4.79 Å². The average molecular weight is 419 g/mol. The molecule has 3 rings (SSSR count). The summed E-state index contributed by atoms with van der Waals surface area (Å²) in [6.07, 6.45) is 0. The Bertz CT molecular complexity index is 1030. The van der Waals surface area contributed by atoms with Crippen LogP contribution >= 0.6 is 12.2 Å². The number of rotatable bonds is 6. The summed E-state index contributed by atoms with van der Waals surface area (Å²) in [4.78, 5) is 12.1. The first kappa shape index (κ1) is 21.5. The molecule has 154 valence electrons. The van der Waals surface area contributed by atoms with Crippen molar-refractivity contribution < 1.29 is 9.53 Å². The number of hydrogen-bond donors (Lipinski definition) is 2. The number of carbonyl (C=O) groups excluding carboxylic acids is 1. The van der Waals surface area contributed by atoms with Crippen molar-refractivity contribution in [2.75, 3.05) is 11.9 Å². The lowest BCUT2D eigenvalue weighted by Crippen LogP contribution is -2.33. The lowest BCUT2D eigenvalue weighted by atomic mass is 9.97. The van der Waals surface area contributed by atoms with Gasteiger partial charge in [-0.2, -0.15) is 0 Å². The first-order chi connectivity index (χ1) is 14.5. The maximum atomic E-state index is 12.1. The van der Waals surface area contributed by atoms with Gasteiger partial charge in [-0.05, 0) is 61.8 Å². The van der Waals surface area contributed by atoms with E-state index in [-0.39, 0.29) is 12.0 Å². The summed E-state index contributed by atoms with van der Waals surface area (Å²) in [7, 11) is 0. The Balaban J connectivity index is 1.83. The van der Waals surface area contributed by atoms with Crippen molar-refractivity contribution in [1.82, 2.24) is 5.32 Å².